The molecular weight excluding hydrogens is 506 g/mol. The molecule has 0 saturated carbocycles. The zero-order valence-electron chi connectivity index (χ0n) is 20.6. The highest BCUT2D eigenvalue weighted by atomic mass is 35.5. The Balaban J connectivity index is 1.95. The highest BCUT2D eigenvalue weighted by Crippen LogP contribution is 2.40. The standard InChI is InChI=1S/C23H26ClN7O6/c1-5-30(6-2)17-11-20(36-4)16(10-18(17)31(33)34)28-23-26-12-14(24)21(29-23)27-15-8-7-13(37-22(25)32)9-19(15)35-3/h7-12H,5-6H2,1-4H3,(H2,25,32)(H2,26,27,28,29). The Kier molecular flexibility index (Phi) is 8.74. The fourth-order valence-corrected chi connectivity index (χ4v) is 3.64. The molecule has 3 aromatic rings. The summed E-state index contributed by atoms with van der Waals surface area (Å²) in [6.07, 6.45) is 0.402. The summed E-state index contributed by atoms with van der Waals surface area (Å²) in [6.45, 7) is 4.99. The predicted molar refractivity (Wildman–Crippen MR) is 140 cm³/mol. The van der Waals surface area contributed by atoms with E-state index in [1.54, 1.807) is 12.1 Å². The van der Waals surface area contributed by atoms with Crippen molar-refractivity contribution in [1.82, 2.24) is 9.97 Å². The van der Waals surface area contributed by atoms with Crippen LogP contribution in [-0.4, -0.2) is 48.3 Å². The summed E-state index contributed by atoms with van der Waals surface area (Å²) < 4.78 is 15.7. The Hall–Kier alpha value is -4.52. The van der Waals surface area contributed by atoms with Crippen molar-refractivity contribution in [3.63, 3.8) is 0 Å². The van der Waals surface area contributed by atoms with E-state index in [1.165, 1.54) is 38.6 Å². The summed E-state index contributed by atoms with van der Waals surface area (Å²) in [5.41, 5.74) is 6.15. The Morgan fingerprint density at radius 1 is 1.11 bits per heavy atom. The average Bonchev–Trinajstić information content (AvgIpc) is 2.87. The number of aromatic nitrogens is 2. The third-order valence-electron chi connectivity index (χ3n) is 5.23. The van der Waals surface area contributed by atoms with Gasteiger partial charge in [-0.15, -0.1) is 0 Å². The van der Waals surface area contributed by atoms with Crippen LogP contribution in [0.15, 0.2) is 36.5 Å². The molecule has 1 aromatic heterocycles. The van der Waals surface area contributed by atoms with E-state index in [0.29, 0.717) is 41.7 Å². The lowest BCUT2D eigenvalue weighted by atomic mass is 10.2. The maximum absolute atomic E-state index is 11.8. The fraction of sp³-hybridized carbons (Fsp3) is 0.261. The highest BCUT2D eigenvalue weighted by molar-refractivity contribution is 6.33. The van der Waals surface area contributed by atoms with E-state index in [4.69, 9.17) is 31.5 Å². The van der Waals surface area contributed by atoms with E-state index in [1.807, 2.05) is 18.7 Å². The number of anilines is 5. The molecule has 2 aromatic carbocycles. The van der Waals surface area contributed by atoms with Crippen molar-refractivity contribution in [2.24, 2.45) is 5.73 Å². The molecule has 14 heteroatoms. The van der Waals surface area contributed by atoms with Crippen LogP contribution in [0.2, 0.25) is 5.02 Å². The van der Waals surface area contributed by atoms with Gasteiger partial charge in [-0.3, -0.25) is 10.1 Å². The lowest BCUT2D eigenvalue weighted by Crippen LogP contribution is -2.23. The monoisotopic (exact) mass is 531 g/mol. The molecule has 3 rings (SSSR count). The second-order valence-electron chi connectivity index (χ2n) is 7.39. The topological polar surface area (TPSA) is 167 Å². The molecule has 0 unspecified atom stereocenters. The number of methoxy groups -OCH3 is 2. The van der Waals surface area contributed by atoms with Crippen molar-refractivity contribution in [2.45, 2.75) is 13.8 Å². The van der Waals surface area contributed by atoms with E-state index in [9.17, 15) is 14.9 Å². The summed E-state index contributed by atoms with van der Waals surface area (Å²) in [4.78, 5) is 32.8. The van der Waals surface area contributed by atoms with Gasteiger partial charge >= 0.3 is 6.09 Å². The van der Waals surface area contributed by atoms with Gasteiger partial charge in [0.15, 0.2) is 5.82 Å². The maximum atomic E-state index is 11.8. The summed E-state index contributed by atoms with van der Waals surface area (Å²) in [5, 5.41) is 18.0. The van der Waals surface area contributed by atoms with Gasteiger partial charge in [-0.1, -0.05) is 11.6 Å². The van der Waals surface area contributed by atoms with Crippen LogP contribution in [0.1, 0.15) is 13.8 Å². The third-order valence-corrected chi connectivity index (χ3v) is 5.51. The Bertz CT molecular complexity index is 1300. The minimum absolute atomic E-state index is 0.0951. The van der Waals surface area contributed by atoms with Crippen molar-refractivity contribution in [2.75, 3.05) is 42.8 Å². The fourth-order valence-electron chi connectivity index (χ4n) is 3.51. The molecular formula is C23H26ClN7O6. The number of nitrogens with zero attached hydrogens (tertiary/aromatic N) is 4. The van der Waals surface area contributed by atoms with Gasteiger partial charge in [0.25, 0.3) is 5.69 Å². The number of carbonyl (C=O) groups is 1. The lowest BCUT2D eigenvalue weighted by molar-refractivity contribution is -0.384. The SMILES string of the molecule is CCN(CC)c1cc(OC)c(Nc2ncc(Cl)c(Nc3ccc(OC(N)=O)cc3OC)n2)cc1[N+](=O)[O-]. The van der Waals surface area contributed by atoms with Crippen LogP contribution in [0.4, 0.5) is 39.3 Å². The second-order valence-corrected chi connectivity index (χ2v) is 7.80. The number of nitro groups is 1. The van der Waals surface area contributed by atoms with Gasteiger partial charge in [0, 0.05) is 31.3 Å². The first kappa shape index (κ1) is 27.1. The molecule has 1 amide bonds. The number of benzene rings is 2. The van der Waals surface area contributed by atoms with Crippen molar-refractivity contribution >= 4 is 52.2 Å². The number of nitro benzene ring substituents is 1. The average molecular weight is 532 g/mol. The highest BCUT2D eigenvalue weighted by Gasteiger charge is 2.23. The number of nitrogens with one attached hydrogen (secondary N) is 2. The third kappa shape index (κ3) is 6.38. The molecule has 0 aliphatic heterocycles. The number of hydrogen-bond donors (Lipinski definition) is 3. The molecule has 0 atom stereocenters. The first-order valence-corrected chi connectivity index (χ1v) is 11.4. The second kappa shape index (κ2) is 11.9. The molecule has 0 aliphatic rings. The van der Waals surface area contributed by atoms with Crippen molar-refractivity contribution in [3.05, 3.63) is 51.7 Å². The zero-order chi connectivity index (χ0) is 27.1. The van der Waals surface area contributed by atoms with Crippen molar-refractivity contribution < 1.29 is 23.9 Å². The molecule has 196 valence electrons. The van der Waals surface area contributed by atoms with Crippen molar-refractivity contribution in [3.8, 4) is 17.2 Å². The molecule has 0 radical (unpaired) electrons. The number of hydrogen-bond acceptors (Lipinski definition) is 11. The molecule has 0 fully saturated rings. The number of carbonyl (C=O) groups excluding carboxylic acids is 1. The number of rotatable bonds is 11. The number of ether oxygens (including phenoxy) is 3. The van der Waals surface area contributed by atoms with Crippen LogP contribution in [0.3, 0.4) is 0 Å². The summed E-state index contributed by atoms with van der Waals surface area (Å²) in [7, 11) is 2.90. The molecule has 0 saturated heterocycles. The number of primary amides is 1. The first-order valence-electron chi connectivity index (χ1n) is 11.0. The van der Waals surface area contributed by atoms with E-state index in [2.05, 4.69) is 20.6 Å². The summed E-state index contributed by atoms with van der Waals surface area (Å²) >= 11 is 6.30. The molecule has 1 heterocycles. The number of halogens is 1. The smallest absolute Gasteiger partial charge is 0.409 e. The summed E-state index contributed by atoms with van der Waals surface area (Å²) in [5.74, 6) is 1.20. The van der Waals surface area contributed by atoms with Gasteiger partial charge in [-0.25, -0.2) is 9.78 Å². The quantitative estimate of drug-likeness (QED) is 0.228. The zero-order valence-corrected chi connectivity index (χ0v) is 21.3. The maximum Gasteiger partial charge on any atom is 0.409 e. The molecule has 0 aliphatic carbocycles. The van der Waals surface area contributed by atoms with Crippen LogP contribution < -0.4 is 35.5 Å². The van der Waals surface area contributed by atoms with Gasteiger partial charge < -0.3 is 35.5 Å². The van der Waals surface area contributed by atoms with E-state index in [0.717, 1.165) is 0 Å². The Morgan fingerprint density at radius 3 is 2.38 bits per heavy atom. The first-order chi connectivity index (χ1) is 17.7. The van der Waals surface area contributed by atoms with Gasteiger partial charge in [-0.2, -0.15) is 4.98 Å². The number of nitrogens with two attached hydrogens (primary N) is 1. The normalized spacial score (nSPS) is 10.4. The van der Waals surface area contributed by atoms with Crippen molar-refractivity contribution in [1.29, 1.82) is 0 Å². The number of amides is 1. The molecule has 13 nitrogen and oxygen atoms in total. The van der Waals surface area contributed by atoms with E-state index in [-0.39, 0.29) is 28.2 Å². The van der Waals surface area contributed by atoms with Crippen LogP contribution in [0.5, 0.6) is 17.2 Å². The van der Waals surface area contributed by atoms with E-state index < -0.39 is 11.0 Å². The molecule has 4 N–H and O–H groups in total. The largest absolute Gasteiger partial charge is 0.494 e. The lowest BCUT2D eigenvalue weighted by Gasteiger charge is -2.22. The van der Waals surface area contributed by atoms with Gasteiger partial charge in [0.1, 0.15) is 28.0 Å². The summed E-state index contributed by atoms with van der Waals surface area (Å²) in [6, 6.07) is 7.52. The molecule has 0 bridgehead atoms. The van der Waals surface area contributed by atoms with Crippen LogP contribution in [0, 0.1) is 10.1 Å². The molecule has 0 spiro atoms. The Labute approximate surface area is 217 Å². The predicted octanol–water partition coefficient (Wildman–Crippen LogP) is 4.85. The Morgan fingerprint density at radius 2 is 1.78 bits per heavy atom. The molecule has 37 heavy (non-hydrogen) atoms. The van der Waals surface area contributed by atoms with E-state index >= 15 is 0 Å². The van der Waals surface area contributed by atoms with Crippen LogP contribution in [0.25, 0.3) is 0 Å². The van der Waals surface area contributed by atoms with Crippen LogP contribution >= 0.6 is 11.6 Å². The van der Waals surface area contributed by atoms with Gasteiger partial charge in [0.2, 0.25) is 5.95 Å². The minimum atomic E-state index is -0.960. The minimum Gasteiger partial charge on any atom is -0.494 e. The van der Waals surface area contributed by atoms with Gasteiger partial charge in [0.05, 0.1) is 36.7 Å². The van der Waals surface area contributed by atoms with Crippen LogP contribution in [-0.2, 0) is 0 Å². The van der Waals surface area contributed by atoms with Gasteiger partial charge in [-0.05, 0) is 26.0 Å².